The first-order valence-corrected chi connectivity index (χ1v) is 4.50. The van der Waals surface area contributed by atoms with Gasteiger partial charge in [0.25, 0.3) is 0 Å². The lowest BCUT2D eigenvalue weighted by molar-refractivity contribution is -0.0519. The van der Waals surface area contributed by atoms with Crippen LogP contribution in [-0.2, 0) is 14.2 Å². The van der Waals surface area contributed by atoms with Crippen molar-refractivity contribution in [2.75, 3.05) is 20.3 Å². The van der Waals surface area contributed by atoms with Gasteiger partial charge in [-0.2, -0.15) is 0 Å². The maximum atomic E-state index is 5.46. The standard InChI is InChI=1S/C9H18O3/c1-7(2)12-6-9-8(10-3)4-5-11-9/h7-9H,4-6H2,1-3H3. The zero-order valence-electron chi connectivity index (χ0n) is 8.08. The zero-order chi connectivity index (χ0) is 8.97. The van der Waals surface area contributed by atoms with E-state index in [1.165, 1.54) is 0 Å². The van der Waals surface area contributed by atoms with Crippen molar-refractivity contribution < 1.29 is 14.2 Å². The number of hydrogen-bond donors (Lipinski definition) is 0. The Morgan fingerprint density at radius 3 is 2.83 bits per heavy atom. The fourth-order valence-corrected chi connectivity index (χ4v) is 1.34. The van der Waals surface area contributed by atoms with Crippen LogP contribution in [0.25, 0.3) is 0 Å². The lowest BCUT2D eigenvalue weighted by Gasteiger charge is -2.18. The van der Waals surface area contributed by atoms with Crippen molar-refractivity contribution in [2.45, 2.75) is 38.6 Å². The summed E-state index contributed by atoms with van der Waals surface area (Å²) in [6, 6.07) is 0. The molecule has 2 atom stereocenters. The number of ether oxygens (including phenoxy) is 3. The molecule has 0 aromatic heterocycles. The van der Waals surface area contributed by atoms with Gasteiger partial charge in [-0.3, -0.25) is 0 Å². The van der Waals surface area contributed by atoms with Crippen molar-refractivity contribution in [3.05, 3.63) is 0 Å². The van der Waals surface area contributed by atoms with E-state index < -0.39 is 0 Å². The molecule has 1 aliphatic rings. The molecule has 3 nitrogen and oxygen atoms in total. The van der Waals surface area contributed by atoms with E-state index in [1.807, 2.05) is 13.8 Å². The van der Waals surface area contributed by atoms with Crippen molar-refractivity contribution in [1.82, 2.24) is 0 Å². The molecular weight excluding hydrogens is 156 g/mol. The van der Waals surface area contributed by atoms with Gasteiger partial charge >= 0.3 is 0 Å². The summed E-state index contributed by atoms with van der Waals surface area (Å²) in [5.41, 5.74) is 0. The van der Waals surface area contributed by atoms with Gasteiger partial charge in [-0.15, -0.1) is 0 Å². The molecule has 1 fully saturated rings. The topological polar surface area (TPSA) is 27.7 Å². The largest absolute Gasteiger partial charge is 0.379 e. The van der Waals surface area contributed by atoms with E-state index in [2.05, 4.69) is 0 Å². The van der Waals surface area contributed by atoms with Gasteiger partial charge in [-0.1, -0.05) is 0 Å². The van der Waals surface area contributed by atoms with Crippen LogP contribution in [0.15, 0.2) is 0 Å². The third kappa shape index (κ3) is 2.73. The highest BCUT2D eigenvalue weighted by molar-refractivity contribution is 4.76. The number of methoxy groups -OCH3 is 1. The van der Waals surface area contributed by atoms with Gasteiger partial charge in [0.1, 0.15) is 6.10 Å². The maximum absolute atomic E-state index is 5.46. The molecule has 0 aromatic carbocycles. The Labute approximate surface area is 74.0 Å². The molecule has 0 N–H and O–H groups in total. The minimum atomic E-state index is 0.136. The molecule has 72 valence electrons. The first-order valence-electron chi connectivity index (χ1n) is 4.50. The van der Waals surface area contributed by atoms with Crippen molar-refractivity contribution in [1.29, 1.82) is 0 Å². The van der Waals surface area contributed by atoms with Gasteiger partial charge < -0.3 is 14.2 Å². The first-order chi connectivity index (χ1) is 5.74. The molecule has 0 spiro atoms. The second kappa shape index (κ2) is 4.80. The molecule has 0 aliphatic carbocycles. The number of rotatable bonds is 4. The van der Waals surface area contributed by atoms with Crippen LogP contribution in [0.1, 0.15) is 20.3 Å². The lowest BCUT2D eigenvalue weighted by atomic mass is 10.2. The van der Waals surface area contributed by atoms with Crippen LogP contribution in [0, 0.1) is 0 Å². The van der Waals surface area contributed by atoms with E-state index in [4.69, 9.17) is 14.2 Å². The molecule has 0 bridgehead atoms. The molecule has 1 rings (SSSR count). The number of hydrogen-bond acceptors (Lipinski definition) is 3. The summed E-state index contributed by atoms with van der Waals surface area (Å²) in [5, 5.41) is 0. The summed E-state index contributed by atoms with van der Waals surface area (Å²) in [4.78, 5) is 0. The van der Waals surface area contributed by atoms with E-state index in [0.717, 1.165) is 13.0 Å². The fraction of sp³-hybridized carbons (Fsp3) is 1.00. The normalized spacial score (nSPS) is 30.0. The first kappa shape index (κ1) is 9.96. The third-order valence-electron chi connectivity index (χ3n) is 2.05. The van der Waals surface area contributed by atoms with Crippen LogP contribution in [-0.4, -0.2) is 38.6 Å². The van der Waals surface area contributed by atoms with Gasteiger partial charge in [0, 0.05) is 13.7 Å². The van der Waals surface area contributed by atoms with Crippen LogP contribution in [0.2, 0.25) is 0 Å². The Hall–Kier alpha value is -0.120. The summed E-state index contributed by atoms with van der Waals surface area (Å²) in [7, 11) is 1.72. The van der Waals surface area contributed by atoms with E-state index >= 15 is 0 Å². The molecule has 3 heteroatoms. The van der Waals surface area contributed by atoms with Crippen molar-refractivity contribution in [2.24, 2.45) is 0 Å². The summed E-state index contributed by atoms with van der Waals surface area (Å²) >= 11 is 0. The van der Waals surface area contributed by atoms with Gasteiger partial charge in [-0.25, -0.2) is 0 Å². The molecular formula is C9H18O3. The Kier molecular flexibility index (Phi) is 3.98. The van der Waals surface area contributed by atoms with Crippen molar-refractivity contribution in [3.63, 3.8) is 0 Å². The predicted octanol–water partition coefficient (Wildman–Crippen LogP) is 1.22. The second-order valence-corrected chi connectivity index (χ2v) is 3.35. The Morgan fingerprint density at radius 1 is 1.50 bits per heavy atom. The Balaban J connectivity index is 2.21. The molecule has 1 aliphatic heterocycles. The molecule has 2 unspecified atom stereocenters. The van der Waals surface area contributed by atoms with E-state index in [-0.39, 0.29) is 18.3 Å². The van der Waals surface area contributed by atoms with Gasteiger partial charge in [0.05, 0.1) is 18.8 Å². The summed E-state index contributed by atoms with van der Waals surface area (Å²) in [5.74, 6) is 0. The highest BCUT2D eigenvalue weighted by Crippen LogP contribution is 2.16. The molecule has 0 aromatic rings. The quantitative estimate of drug-likeness (QED) is 0.641. The monoisotopic (exact) mass is 174 g/mol. The SMILES string of the molecule is COC1CCOC1COC(C)C. The smallest absolute Gasteiger partial charge is 0.107 e. The van der Waals surface area contributed by atoms with Crippen LogP contribution >= 0.6 is 0 Å². The van der Waals surface area contributed by atoms with Crippen LogP contribution < -0.4 is 0 Å². The van der Waals surface area contributed by atoms with Crippen LogP contribution in [0.5, 0.6) is 0 Å². The van der Waals surface area contributed by atoms with Gasteiger partial charge in [0.15, 0.2) is 0 Å². The molecule has 1 saturated heterocycles. The third-order valence-corrected chi connectivity index (χ3v) is 2.05. The summed E-state index contributed by atoms with van der Waals surface area (Å²) in [6.07, 6.45) is 1.62. The van der Waals surface area contributed by atoms with Crippen LogP contribution in [0.4, 0.5) is 0 Å². The average Bonchev–Trinajstić information content (AvgIpc) is 2.47. The van der Waals surface area contributed by atoms with E-state index in [9.17, 15) is 0 Å². The van der Waals surface area contributed by atoms with Crippen molar-refractivity contribution >= 4 is 0 Å². The fourth-order valence-electron chi connectivity index (χ4n) is 1.34. The molecule has 12 heavy (non-hydrogen) atoms. The van der Waals surface area contributed by atoms with Crippen molar-refractivity contribution in [3.8, 4) is 0 Å². The Morgan fingerprint density at radius 2 is 2.25 bits per heavy atom. The second-order valence-electron chi connectivity index (χ2n) is 3.35. The lowest BCUT2D eigenvalue weighted by Crippen LogP contribution is -2.29. The maximum Gasteiger partial charge on any atom is 0.107 e. The minimum Gasteiger partial charge on any atom is -0.379 e. The highest BCUT2D eigenvalue weighted by Gasteiger charge is 2.28. The van der Waals surface area contributed by atoms with Gasteiger partial charge in [-0.05, 0) is 20.3 Å². The molecule has 0 radical (unpaired) electrons. The van der Waals surface area contributed by atoms with Crippen LogP contribution in [0.3, 0.4) is 0 Å². The van der Waals surface area contributed by atoms with E-state index in [1.54, 1.807) is 7.11 Å². The predicted molar refractivity (Wildman–Crippen MR) is 46.2 cm³/mol. The molecule has 1 heterocycles. The summed E-state index contributed by atoms with van der Waals surface area (Å²) in [6.45, 7) is 5.49. The zero-order valence-corrected chi connectivity index (χ0v) is 8.08. The Bertz CT molecular complexity index is 125. The average molecular weight is 174 g/mol. The van der Waals surface area contributed by atoms with Gasteiger partial charge in [0.2, 0.25) is 0 Å². The highest BCUT2D eigenvalue weighted by atomic mass is 16.6. The summed E-state index contributed by atoms with van der Waals surface area (Å²) < 4.78 is 16.2. The molecule has 0 amide bonds. The minimum absolute atomic E-state index is 0.136. The van der Waals surface area contributed by atoms with E-state index in [0.29, 0.717) is 6.61 Å². The molecule has 0 saturated carbocycles.